The van der Waals surface area contributed by atoms with Gasteiger partial charge in [-0.3, -0.25) is 4.79 Å². The fourth-order valence-electron chi connectivity index (χ4n) is 1.37. The zero-order valence-corrected chi connectivity index (χ0v) is 11.5. The molecule has 0 saturated heterocycles. The minimum atomic E-state index is -0.995. The molecule has 0 aliphatic heterocycles. The zero-order chi connectivity index (χ0) is 13.8. The van der Waals surface area contributed by atoms with E-state index >= 15 is 0 Å². The number of carboxylic acid groups (broad SMARTS) is 1. The highest BCUT2D eigenvalue weighted by Crippen LogP contribution is 2.32. The molecule has 1 heterocycles. The van der Waals surface area contributed by atoms with Crippen molar-refractivity contribution in [3.63, 3.8) is 0 Å². The van der Waals surface area contributed by atoms with Crippen LogP contribution in [0.15, 0.2) is 18.3 Å². The van der Waals surface area contributed by atoms with Gasteiger partial charge in [0.15, 0.2) is 0 Å². The van der Waals surface area contributed by atoms with Crippen molar-refractivity contribution in [2.24, 2.45) is 5.73 Å². The van der Waals surface area contributed by atoms with Crippen LogP contribution in [0, 0.1) is 0 Å². The lowest BCUT2D eigenvalue weighted by atomic mass is 10.1. The quantitative estimate of drug-likeness (QED) is 0.815. The second-order valence-corrected chi connectivity index (χ2v) is 6.01. The van der Waals surface area contributed by atoms with E-state index < -0.39 is 16.8 Å². The van der Waals surface area contributed by atoms with Crippen LogP contribution in [-0.4, -0.2) is 34.0 Å². The Morgan fingerprint density at radius 2 is 2.33 bits per heavy atom. The van der Waals surface area contributed by atoms with Gasteiger partial charge < -0.3 is 15.6 Å². The van der Waals surface area contributed by atoms with Gasteiger partial charge in [0.1, 0.15) is 6.04 Å². The molecule has 5 nitrogen and oxygen atoms in total. The lowest BCUT2D eigenvalue weighted by Gasteiger charge is -2.28. The summed E-state index contributed by atoms with van der Waals surface area (Å²) in [5.41, 5.74) is 6.59. The van der Waals surface area contributed by atoms with Crippen LogP contribution in [0.2, 0.25) is 0 Å². The van der Waals surface area contributed by atoms with Gasteiger partial charge in [0, 0.05) is 22.3 Å². The molecule has 0 aliphatic rings. The molecule has 1 atom stereocenters. The number of carboxylic acids is 1. The maximum absolute atomic E-state index is 10.9. The van der Waals surface area contributed by atoms with Crippen LogP contribution < -0.4 is 10.5 Å². The van der Waals surface area contributed by atoms with Crippen molar-refractivity contribution in [2.45, 2.75) is 30.4 Å². The molecule has 1 aromatic rings. The first-order valence-corrected chi connectivity index (χ1v) is 6.47. The molecule has 18 heavy (non-hydrogen) atoms. The third kappa shape index (κ3) is 3.61. The van der Waals surface area contributed by atoms with Crippen molar-refractivity contribution in [1.82, 2.24) is 4.98 Å². The summed E-state index contributed by atoms with van der Waals surface area (Å²) < 4.78 is 4.58. The Hall–Kier alpha value is -1.27. The van der Waals surface area contributed by atoms with Crippen LogP contribution in [0.1, 0.15) is 19.4 Å². The zero-order valence-electron chi connectivity index (χ0n) is 10.7. The van der Waals surface area contributed by atoms with Gasteiger partial charge in [0.05, 0.1) is 7.11 Å². The molecule has 0 aliphatic carbocycles. The fourth-order valence-corrected chi connectivity index (χ4v) is 2.40. The third-order valence-corrected chi connectivity index (χ3v) is 4.11. The molecule has 0 fully saturated rings. The monoisotopic (exact) mass is 270 g/mol. The number of aromatic nitrogens is 1. The number of hydrogen-bond donors (Lipinski definition) is 2. The average molecular weight is 270 g/mol. The molecule has 0 radical (unpaired) electrons. The predicted octanol–water partition coefficient (Wildman–Crippen LogP) is 1.51. The molecule has 6 heteroatoms. The Morgan fingerprint density at radius 1 is 1.67 bits per heavy atom. The van der Waals surface area contributed by atoms with Gasteiger partial charge in [-0.15, -0.1) is 11.8 Å². The number of methoxy groups -OCH3 is 1. The van der Waals surface area contributed by atoms with Crippen LogP contribution in [-0.2, 0) is 10.5 Å². The molecule has 0 amide bonds. The van der Waals surface area contributed by atoms with Crippen LogP contribution in [0.25, 0.3) is 0 Å². The topological polar surface area (TPSA) is 85.4 Å². The van der Waals surface area contributed by atoms with Crippen molar-refractivity contribution < 1.29 is 14.6 Å². The molecule has 0 spiro atoms. The van der Waals surface area contributed by atoms with E-state index in [1.165, 1.54) is 11.8 Å². The fraction of sp³-hybridized carbons (Fsp3) is 0.500. The van der Waals surface area contributed by atoms with Crippen molar-refractivity contribution in [3.8, 4) is 5.88 Å². The second kappa shape index (κ2) is 6.06. The molecule has 0 bridgehead atoms. The van der Waals surface area contributed by atoms with Gasteiger partial charge in [-0.1, -0.05) is 6.07 Å². The Morgan fingerprint density at radius 3 is 2.89 bits per heavy atom. The van der Waals surface area contributed by atoms with Gasteiger partial charge in [-0.05, 0) is 19.9 Å². The van der Waals surface area contributed by atoms with Crippen molar-refractivity contribution >= 4 is 17.7 Å². The summed E-state index contributed by atoms with van der Waals surface area (Å²) in [7, 11) is 1.56. The number of hydrogen-bond acceptors (Lipinski definition) is 5. The first-order chi connectivity index (χ1) is 8.38. The number of pyridine rings is 1. The summed E-state index contributed by atoms with van der Waals surface area (Å²) in [4.78, 5) is 15.0. The van der Waals surface area contributed by atoms with Gasteiger partial charge in [-0.2, -0.15) is 0 Å². The molecule has 0 unspecified atom stereocenters. The molecule has 3 N–H and O–H groups in total. The average Bonchev–Trinajstić information content (AvgIpc) is 2.35. The second-order valence-electron chi connectivity index (χ2n) is 4.38. The first kappa shape index (κ1) is 14.8. The molecule has 1 aromatic heterocycles. The summed E-state index contributed by atoms with van der Waals surface area (Å²) in [6.45, 7) is 3.64. The van der Waals surface area contributed by atoms with Gasteiger partial charge in [-0.25, -0.2) is 4.98 Å². The highest BCUT2D eigenvalue weighted by molar-refractivity contribution is 7.99. The van der Waals surface area contributed by atoms with Gasteiger partial charge in [0.25, 0.3) is 0 Å². The standard InChI is InChI=1S/C12H18N2O3S/c1-12(2,9(13)11(15)16)18-7-8-5-4-6-14-10(8)17-3/h4-6,9H,7,13H2,1-3H3,(H,15,16)/t9-/m1/s1. The van der Waals surface area contributed by atoms with Crippen LogP contribution in [0.5, 0.6) is 5.88 Å². The number of nitrogens with two attached hydrogens (primary N) is 1. The summed E-state index contributed by atoms with van der Waals surface area (Å²) in [5.74, 6) is 0.167. The lowest BCUT2D eigenvalue weighted by molar-refractivity contribution is -0.139. The normalized spacial score (nSPS) is 13.1. The highest BCUT2D eigenvalue weighted by atomic mass is 32.2. The first-order valence-electron chi connectivity index (χ1n) is 5.48. The van der Waals surface area contributed by atoms with Crippen LogP contribution >= 0.6 is 11.8 Å². The minimum absolute atomic E-state index is 0.560. The number of nitrogens with zero attached hydrogens (tertiary/aromatic N) is 1. The van der Waals surface area contributed by atoms with E-state index in [9.17, 15) is 4.79 Å². The number of rotatable bonds is 6. The van der Waals surface area contributed by atoms with E-state index in [2.05, 4.69) is 4.98 Å². The van der Waals surface area contributed by atoms with E-state index in [0.29, 0.717) is 11.6 Å². The van der Waals surface area contributed by atoms with Crippen molar-refractivity contribution in [1.29, 1.82) is 0 Å². The predicted molar refractivity (Wildman–Crippen MR) is 71.8 cm³/mol. The molecular weight excluding hydrogens is 252 g/mol. The van der Waals surface area contributed by atoms with Gasteiger partial charge >= 0.3 is 5.97 Å². The minimum Gasteiger partial charge on any atom is -0.481 e. The smallest absolute Gasteiger partial charge is 0.321 e. The Balaban J connectivity index is 2.72. The number of carbonyl (C=O) groups is 1. The molecule has 100 valence electrons. The summed E-state index contributed by atoms with van der Waals surface area (Å²) in [6, 6.07) is 2.81. The summed E-state index contributed by atoms with van der Waals surface area (Å²) in [6.07, 6.45) is 1.65. The Bertz CT molecular complexity index is 424. The number of thioether (sulfide) groups is 1. The van der Waals surface area contributed by atoms with E-state index in [0.717, 1.165) is 5.56 Å². The summed E-state index contributed by atoms with van der Waals surface area (Å²) >= 11 is 1.47. The SMILES string of the molecule is COc1ncccc1CSC(C)(C)[C@H](N)C(=O)O. The van der Waals surface area contributed by atoms with Crippen molar-refractivity contribution in [3.05, 3.63) is 23.9 Å². The molecule has 1 rings (SSSR count). The van der Waals surface area contributed by atoms with Gasteiger partial charge in [0.2, 0.25) is 5.88 Å². The van der Waals surface area contributed by atoms with Crippen LogP contribution in [0.4, 0.5) is 0 Å². The number of aliphatic carboxylic acids is 1. The lowest BCUT2D eigenvalue weighted by Crippen LogP contribution is -2.46. The highest BCUT2D eigenvalue weighted by Gasteiger charge is 2.32. The van der Waals surface area contributed by atoms with E-state index in [-0.39, 0.29) is 0 Å². The Labute approximate surface area is 111 Å². The molecule has 0 saturated carbocycles. The molecule has 0 aromatic carbocycles. The molecular formula is C12H18N2O3S. The summed E-state index contributed by atoms with van der Waals surface area (Å²) in [5, 5.41) is 8.94. The van der Waals surface area contributed by atoms with Crippen molar-refractivity contribution in [2.75, 3.05) is 7.11 Å². The largest absolute Gasteiger partial charge is 0.481 e. The van der Waals surface area contributed by atoms with Crippen LogP contribution in [0.3, 0.4) is 0 Å². The number of ether oxygens (including phenoxy) is 1. The van der Waals surface area contributed by atoms with E-state index in [1.54, 1.807) is 13.3 Å². The third-order valence-electron chi connectivity index (χ3n) is 2.66. The van der Waals surface area contributed by atoms with E-state index in [1.807, 2.05) is 26.0 Å². The Kier molecular flexibility index (Phi) is 4.98. The maximum Gasteiger partial charge on any atom is 0.321 e. The maximum atomic E-state index is 10.9. The van der Waals surface area contributed by atoms with E-state index in [4.69, 9.17) is 15.6 Å².